The number of hydrogen-bond donors (Lipinski definition) is 1. The zero-order valence-corrected chi connectivity index (χ0v) is 23.1. The van der Waals surface area contributed by atoms with Crippen molar-refractivity contribution in [2.45, 2.75) is 61.5 Å². The van der Waals surface area contributed by atoms with E-state index in [1.807, 2.05) is 38.5 Å². The van der Waals surface area contributed by atoms with Gasteiger partial charge >= 0.3 is 0 Å². The highest BCUT2D eigenvalue weighted by Crippen LogP contribution is 2.52. The molecule has 0 aromatic carbocycles. The van der Waals surface area contributed by atoms with Crippen molar-refractivity contribution in [3.8, 4) is 0 Å². The van der Waals surface area contributed by atoms with Crippen LogP contribution in [0.15, 0.2) is 52.9 Å². The van der Waals surface area contributed by atoms with E-state index in [1.165, 1.54) is 23.0 Å². The normalized spacial score (nSPS) is 21.3. The van der Waals surface area contributed by atoms with Crippen LogP contribution in [0.2, 0.25) is 5.02 Å². The Bertz CT molecular complexity index is 1280. The molecule has 0 unspecified atom stereocenters. The first-order valence-electron chi connectivity index (χ1n) is 13.0. The molecule has 3 aromatic rings. The lowest BCUT2D eigenvalue weighted by molar-refractivity contribution is 0.00438. The molecule has 6 rings (SSSR count). The van der Waals surface area contributed by atoms with Gasteiger partial charge in [0.05, 0.1) is 23.0 Å². The number of piperidine rings is 1. The Morgan fingerprint density at radius 2 is 1.81 bits per heavy atom. The molecule has 9 heteroatoms. The van der Waals surface area contributed by atoms with Crippen LogP contribution in [-0.4, -0.2) is 56.8 Å². The first-order chi connectivity index (χ1) is 17.7. The van der Waals surface area contributed by atoms with Gasteiger partial charge < -0.3 is 14.9 Å². The molecule has 1 N–H and O–H groups in total. The number of aromatic nitrogens is 4. The summed E-state index contributed by atoms with van der Waals surface area (Å²) in [5.41, 5.74) is 2.34. The highest BCUT2D eigenvalue weighted by Gasteiger charge is 2.46. The van der Waals surface area contributed by atoms with Crippen LogP contribution < -0.4 is 9.80 Å². The summed E-state index contributed by atoms with van der Waals surface area (Å²) >= 11 is 8.24. The van der Waals surface area contributed by atoms with Gasteiger partial charge in [-0.05, 0) is 62.1 Å². The molecule has 1 atom stereocenters. The highest BCUT2D eigenvalue weighted by atomic mass is 35.5. The minimum Gasteiger partial charge on any atom is -0.390 e. The Balaban J connectivity index is 1.09. The first kappa shape index (κ1) is 24.9. The standard InChI is InChI=1S/C28H33ClN6OS/c1-18-20-5-4-9-30-21(20)13-28(18)7-11-34(12-8-28)23-14-33-24(15-32-23)37-22-6-10-31-26(25(22)29)35-16-19(17-35)27(2,3)36/h4-6,9-10,14-15,18-19,36H,7-8,11-13,16-17H2,1-3H3/t18-/m1/s1. The second kappa shape index (κ2) is 9.40. The number of fused-ring (bicyclic) bond motifs is 1. The largest absolute Gasteiger partial charge is 0.390 e. The zero-order chi connectivity index (χ0) is 25.8. The fraction of sp³-hybridized carbons (Fsp3) is 0.500. The lowest BCUT2D eigenvalue weighted by Crippen LogP contribution is -2.56. The number of halogens is 1. The predicted octanol–water partition coefficient (Wildman–Crippen LogP) is 5.22. The maximum atomic E-state index is 10.2. The molecule has 194 valence electrons. The third kappa shape index (κ3) is 4.57. The zero-order valence-electron chi connectivity index (χ0n) is 21.6. The van der Waals surface area contributed by atoms with E-state index in [2.05, 4.69) is 38.8 Å². The summed E-state index contributed by atoms with van der Waals surface area (Å²) in [6.45, 7) is 9.55. The summed E-state index contributed by atoms with van der Waals surface area (Å²) in [7, 11) is 0. The van der Waals surface area contributed by atoms with Crippen LogP contribution >= 0.6 is 23.4 Å². The van der Waals surface area contributed by atoms with E-state index in [4.69, 9.17) is 21.6 Å². The smallest absolute Gasteiger partial charge is 0.148 e. The predicted molar refractivity (Wildman–Crippen MR) is 148 cm³/mol. The summed E-state index contributed by atoms with van der Waals surface area (Å²) in [5, 5.41) is 11.7. The summed E-state index contributed by atoms with van der Waals surface area (Å²) in [5.74, 6) is 2.46. The van der Waals surface area contributed by atoms with Crippen molar-refractivity contribution in [3.05, 3.63) is 59.3 Å². The molecule has 2 saturated heterocycles. The van der Waals surface area contributed by atoms with E-state index in [0.29, 0.717) is 16.4 Å². The molecule has 0 saturated carbocycles. The summed E-state index contributed by atoms with van der Waals surface area (Å²) in [4.78, 5) is 24.0. The fourth-order valence-electron chi connectivity index (χ4n) is 6.05. The molecule has 1 aliphatic carbocycles. The van der Waals surface area contributed by atoms with Gasteiger partial charge in [-0.3, -0.25) is 4.98 Å². The second-order valence-corrected chi connectivity index (χ2v) is 12.7. The van der Waals surface area contributed by atoms with Crippen molar-refractivity contribution in [1.29, 1.82) is 0 Å². The average molecular weight is 537 g/mol. The van der Waals surface area contributed by atoms with Gasteiger partial charge in [-0.25, -0.2) is 15.0 Å². The first-order valence-corrected chi connectivity index (χ1v) is 14.2. The molecule has 2 aliphatic heterocycles. The van der Waals surface area contributed by atoms with Gasteiger partial charge in [0.1, 0.15) is 16.7 Å². The summed E-state index contributed by atoms with van der Waals surface area (Å²) in [6.07, 6.45) is 10.8. The highest BCUT2D eigenvalue weighted by molar-refractivity contribution is 7.99. The third-order valence-electron chi connectivity index (χ3n) is 8.76. The SMILES string of the molecule is C[C@@H]1c2cccnc2CC12CCN(c1cnc(Sc3ccnc(N4CC(C(C)(C)O)C4)c3Cl)cn1)CC2. The van der Waals surface area contributed by atoms with Gasteiger partial charge in [0.2, 0.25) is 0 Å². The van der Waals surface area contributed by atoms with Crippen LogP contribution in [0.3, 0.4) is 0 Å². The van der Waals surface area contributed by atoms with E-state index in [9.17, 15) is 5.11 Å². The molecule has 3 aliphatic rings. The van der Waals surface area contributed by atoms with Gasteiger partial charge in [-0.2, -0.15) is 0 Å². The molecule has 0 radical (unpaired) electrons. The lowest BCUT2D eigenvalue weighted by atomic mass is 9.70. The Kier molecular flexibility index (Phi) is 6.32. The maximum Gasteiger partial charge on any atom is 0.148 e. The van der Waals surface area contributed by atoms with Crippen LogP contribution in [0, 0.1) is 11.3 Å². The Morgan fingerprint density at radius 3 is 2.49 bits per heavy atom. The van der Waals surface area contributed by atoms with Crippen LogP contribution in [0.4, 0.5) is 11.6 Å². The molecular formula is C28H33ClN6OS. The van der Waals surface area contributed by atoms with Crippen molar-refractivity contribution in [2.24, 2.45) is 11.3 Å². The maximum absolute atomic E-state index is 10.2. The number of hydrogen-bond acceptors (Lipinski definition) is 8. The van der Waals surface area contributed by atoms with Gasteiger partial charge in [-0.1, -0.05) is 36.4 Å². The Labute approximate surface area is 227 Å². The molecular weight excluding hydrogens is 504 g/mol. The monoisotopic (exact) mass is 536 g/mol. The number of aliphatic hydroxyl groups is 1. The quantitative estimate of drug-likeness (QED) is 0.475. The average Bonchev–Trinajstić information content (AvgIpc) is 3.12. The van der Waals surface area contributed by atoms with Gasteiger partial charge in [0.25, 0.3) is 0 Å². The number of pyridine rings is 2. The van der Waals surface area contributed by atoms with Crippen LogP contribution in [0.5, 0.6) is 0 Å². The minimum atomic E-state index is -0.695. The van der Waals surface area contributed by atoms with E-state index < -0.39 is 5.60 Å². The topological polar surface area (TPSA) is 78.3 Å². The van der Waals surface area contributed by atoms with Crippen LogP contribution in [0.25, 0.3) is 0 Å². The lowest BCUT2D eigenvalue weighted by Gasteiger charge is -2.46. The fourth-order valence-corrected chi connectivity index (χ4v) is 7.14. The van der Waals surface area contributed by atoms with Crippen LogP contribution in [0.1, 0.15) is 50.8 Å². The molecule has 2 fully saturated rings. The molecule has 37 heavy (non-hydrogen) atoms. The van der Waals surface area contributed by atoms with E-state index in [0.717, 1.165) is 67.0 Å². The molecule has 0 bridgehead atoms. The van der Waals surface area contributed by atoms with Crippen molar-refractivity contribution in [1.82, 2.24) is 19.9 Å². The van der Waals surface area contributed by atoms with Crippen molar-refractivity contribution in [3.63, 3.8) is 0 Å². The molecule has 7 nitrogen and oxygen atoms in total. The van der Waals surface area contributed by atoms with Gasteiger partial charge in [0, 0.05) is 55.1 Å². The number of rotatable bonds is 5. The van der Waals surface area contributed by atoms with Crippen molar-refractivity contribution in [2.75, 3.05) is 36.0 Å². The Hall–Kier alpha value is -2.42. The molecule has 5 heterocycles. The van der Waals surface area contributed by atoms with Gasteiger partial charge in [-0.15, -0.1) is 0 Å². The number of nitrogens with zero attached hydrogens (tertiary/aromatic N) is 6. The van der Waals surface area contributed by atoms with Gasteiger partial charge in [0.15, 0.2) is 0 Å². The van der Waals surface area contributed by atoms with E-state index in [-0.39, 0.29) is 5.92 Å². The summed E-state index contributed by atoms with van der Waals surface area (Å²) in [6, 6.07) is 6.24. The van der Waals surface area contributed by atoms with Crippen LogP contribution in [-0.2, 0) is 6.42 Å². The second-order valence-electron chi connectivity index (χ2n) is 11.3. The molecule has 1 spiro atoms. The third-order valence-corrected chi connectivity index (χ3v) is 10.2. The van der Waals surface area contributed by atoms with Crippen molar-refractivity contribution < 1.29 is 5.11 Å². The Morgan fingerprint density at radius 1 is 1.03 bits per heavy atom. The van der Waals surface area contributed by atoms with Crippen molar-refractivity contribution >= 4 is 35.0 Å². The summed E-state index contributed by atoms with van der Waals surface area (Å²) < 4.78 is 0. The van der Waals surface area contributed by atoms with E-state index in [1.54, 1.807) is 6.20 Å². The number of anilines is 2. The minimum absolute atomic E-state index is 0.216. The molecule has 3 aromatic heterocycles. The molecule has 0 amide bonds. The van der Waals surface area contributed by atoms with E-state index >= 15 is 0 Å².